The van der Waals surface area contributed by atoms with E-state index in [9.17, 15) is 4.79 Å². The van der Waals surface area contributed by atoms with Crippen LogP contribution >= 0.6 is 0 Å². The molecule has 0 aromatic heterocycles. The summed E-state index contributed by atoms with van der Waals surface area (Å²) in [5, 5.41) is 0. The van der Waals surface area contributed by atoms with E-state index >= 15 is 0 Å². The monoisotopic (exact) mass is 288 g/mol. The molecule has 1 amide bonds. The van der Waals surface area contributed by atoms with Crippen LogP contribution in [0, 0.1) is 12.8 Å². The lowest BCUT2D eigenvalue weighted by molar-refractivity contribution is -0.136. The normalized spacial score (nSPS) is 28.6. The maximum absolute atomic E-state index is 12.2. The highest BCUT2D eigenvalue weighted by Gasteiger charge is 2.44. The molecule has 0 saturated carbocycles. The number of ether oxygens (including phenoxy) is 1. The molecule has 4 heteroatoms. The molecule has 0 unspecified atom stereocenters. The summed E-state index contributed by atoms with van der Waals surface area (Å²) in [6.07, 6.45) is 1.14. The molecule has 2 bridgehead atoms. The van der Waals surface area contributed by atoms with Crippen LogP contribution in [0.5, 0.6) is 0 Å². The second-order valence-electron chi connectivity index (χ2n) is 6.55. The van der Waals surface area contributed by atoms with Crippen LogP contribution in [0.4, 0.5) is 0 Å². The Hall–Kier alpha value is -1.39. The van der Waals surface area contributed by atoms with Gasteiger partial charge in [0.05, 0.1) is 18.1 Å². The molecule has 4 nitrogen and oxygen atoms in total. The van der Waals surface area contributed by atoms with E-state index in [2.05, 4.69) is 36.1 Å². The predicted molar refractivity (Wildman–Crippen MR) is 81.9 cm³/mol. The zero-order chi connectivity index (χ0) is 15.0. The van der Waals surface area contributed by atoms with Crippen LogP contribution in [0.1, 0.15) is 17.5 Å². The number of carbonyl (C=O) groups excluding carboxylic acids is 1. The molecule has 2 aliphatic heterocycles. The summed E-state index contributed by atoms with van der Waals surface area (Å²) in [5.74, 6) is 0.243. The Balaban J connectivity index is 1.64. The summed E-state index contributed by atoms with van der Waals surface area (Å²) in [4.78, 5) is 16.3. The number of morpholine rings is 1. The summed E-state index contributed by atoms with van der Waals surface area (Å²) >= 11 is 0. The van der Waals surface area contributed by atoms with Crippen molar-refractivity contribution in [2.75, 3.05) is 27.2 Å². The summed E-state index contributed by atoms with van der Waals surface area (Å²) in [5.41, 5.74) is 2.62. The van der Waals surface area contributed by atoms with E-state index in [1.54, 1.807) is 4.90 Å². The number of aryl methyl sites for hydroxylation is 1. The van der Waals surface area contributed by atoms with E-state index in [4.69, 9.17) is 4.74 Å². The van der Waals surface area contributed by atoms with Gasteiger partial charge in [-0.25, -0.2) is 0 Å². The maximum Gasteiger partial charge on any atom is 0.227 e. The number of hydrogen-bond acceptors (Lipinski definition) is 3. The fraction of sp³-hybridized carbons (Fsp3) is 0.588. The summed E-state index contributed by atoms with van der Waals surface area (Å²) in [6, 6.07) is 8.69. The Labute approximate surface area is 126 Å². The first-order valence-corrected chi connectivity index (χ1v) is 7.67. The minimum absolute atomic E-state index is 0.0352. The molecule has 2 saturated heterocycles. The highest BCUT2D eigenvalue weighted by Crippen LogP contribution is 2.33. The van der Waals surface area contributed by atoms with Gasteiger partial charge in [-0.1, -0.05) is 29.8 Å². The molecule has 2 heterocycles. The highest BCUT2D eigenvalue weighted by atomic mass is 16.5. The Morgan fingerprint density at radius 3 is 2.67 bits per heavy atom. The van der Waals surface area contributed by atoms with E-state index in [-0.39, 0.29) is 24.0 Å². The number of likely N-dealkylation sites (tertiary alicyclic amines) is 1. The molecule has 1 aromatic carbocycles. The van der Waals surface area contributed by atoms with Crippen molar-refractivity contribution >= 4 is 5.91 Å². The zero-order valence-corrected chi connectivity index (χ0v) is 13.1. The van der Waals surface area contributed by atoms with Gasteiger partial charge in [-0.05, 0) is 18.9 Å². The Bertz CT molecular complexity index is 512. The Kier molecular flexibility index (Phi) is 4.00. The summed E-state index contributed by atoms with van der Waals surface area (Å²) in [7, 11) is 3.66. The number of benzene rings is 1. The molecule has 0 spiro atoms. The number of amides is 1. The standard InChI is InChI=1S/C17H24N2O2/c1-12-4-6-13(7-5-12)9-19-10-14-8-15(16(11-19)21-14)17(20)18(2)3/h4-7,14-16H,8-11H2,1-3H3/t14-,15+,16-/m1/s1. The van der Waals surface area contributed by atoms with Crippen LogP contribution in [-0.4, -0.2) is 55.1 Å². The number of rotatable bonds is 3. The SMILES string of the molecule is Cc1ccc(CN2C[C@H]3C[C@H](C(=O)N(C)C)[C@@H](C2)O3)cc1. The van der Waals surface area contributed by atoms with Crippen molar-refractivity contribution in [2.24, 2.45) is 5.92 Å². The molecule has 1 aromatic rings. The van der Waals surface area contributed by atoms with Crippen molar-refractivity contribution in [3.63, 3.8) is 0 Å². The van der Waals surface area contributed by atoms with Crippen LogP contribution < -0.4 is 0 Å². The van der Waals surface area contributed by atoms with E-state index in [0.29, 0.717) is 0 Å². The van der Waals surface area contributed by atoms with Gasteiger partial charge in [0.15, 0.2) is 0 Å². The van der Waals surface area contributed by atoms with Gasteiger partial charge in [0.25, 0.3) is 0 Å². The van der Waals surface area contributed by atoms with Gasteiger partial charge in [0, 0.05) is 33.7 Å². The average Bonchev–Trinajstić information content (AvgIpc) is 2.75. The fourth-order valence-corrected chi connectivity index (χ4v) is 3.41. The van der Waals surface area contributed by atoms with Gasteiger partial charge in [0.2, 0.25) is 5.91 Å². The second kappa shape index (κ2) is 5.78. The molecule has 0 N–H and O–H groups in total. The molecule has 2 fully saturated rings. The third kappa shape index (κ3) is 3.11. The third-order valence-corrected chi connectivity index (χ3v) is 4.52. The zero-order valence-electron chi connectivity index (χ0n) is 13.1. The van der Waals surface area contributed by atoms with Gasteiger partial charge >= 0.3 is 0 Å². The second-order valence-corrected chi connectivity index (χ2v) is 6.55. The fourth-order valence-electron chi connectivity index (χ4n) is 3.41. The molecule has 3 atom stereocenters. The Morgan fingerprint density at radius 2 is 2.00 bits per heavy atom. The van der Waals surface area contributed by atoms with Gasteiger partial charge < -0.3 is 9.64 Å². The van der Waals surface area contributed by atoms with E-state index in [1.165, 1.54) is 11.1 Å². The van der Waals surface area contributed by atoms with Gasteiger partial charge in [-0.15, -0.1) is 0 Å². The molecular weight excluding hydrogens is 264 g/mol. The van der Waals surface area contributed by atoms with Crippen molar-refractivity contribution in [3.8, 4) is 0 Å². The van der Waals surface area contributed by atoms with Crippen LogP contribution in [0.2, 0.25) is 0 Å². The molecule has 21 heavy (non-hydrogen) atoms. The topological polar surface area (TPSA) is 32.8 Å². The van der Waals surface area contributed by atoms with Crippen LogP contribution in [0.15, 0.2) is 24.3 Å². The molecule has 3 rings (SSSR count). The first-order chi connectivity index (χ1) is 10.0. The van der Waals surface area contributed by atoms with Gasteiger partial charge in [0.1, 0.15) is 0 Å². The van der Waals surface area contributed by atoms with Crippen molar-refractivity contribution in [1.82, 2.24) is 9.80 Å². The molecular formula is C17H24N2O2. The van der Waals surface area contributed by atoms with Crippen molar-refractivity contribution < 1.29 is 9.53 Å². The molecule has 114 valence electrons. The summed E-state index contributed by atoms with van der Waals surface area (Å²) < 4.78 is 5.98. The van der Waals surface area contributed by atoms with Crippen LogP contribution in [0.3, 0.4) is 0 Å². The lowest BCUT2D eigenvalue weighted by Gasteiger charge is -2.33. The van der Waals surface area contributed by atoms with Gasteiger partial charge in [-0.2, -0.15) is 0 Å². The number of fused-ring (bicyclic) bond motifs is 2. The number of carbonyl (C=O) groups is 1. The molecule has 0 aliphatic carbocycles. The first kappa shape index (κ1) is 14.5. The molecule has 2 aliphatic rings. The lowest BCUT2D eigenvalue weighted by Crippen LogP contribution is -2.44. The van der Waals surface area contributed by atoms with Crippen LogP contribution in [-0.2, 0) is 16.1 Å². The highest BCUT2D eigenvalue weighted by molar-refractivity contribution is 5.79. The minimum atomic E-state index is 0.0352. The predicted octanol–water partition coefficient (Wildman–Crippen LogP) is 1.67. The Morgan fingerprint density at radius 1 is 1.29 bits per heavy atom. The average molecular weight is 288 g/mol. The smallest absolute Gasteiger partial charge is 0.227 e. The third-order valence-electron chi connectivity index (χ3n) is 4.52. The minimum Gasteiger partial charge on any atom is -0.371 e. The van der Waals surface area contributed by atoms with E-state index < -0.39 is 0 Å². The maximum atomic E-state index is 12.2. The van der Waals surface area contributed by atoms with Crippen molar-refractivity contribution in [1.29, 1.82) is 0 Å². The largest absolute Gasteiger partial charge is 0.371 e. The molecule has 0 radical (unpaired) electrons. The lowest BCUT2D eigenvalue weighted by atomic mass is 9.99. The number of nitrogens with zero attached hydrogens (tertiary/aromatic N) is 2. The number of hydrogen-bond donors (Lipinski definition) is 0. The van der Waals surface area contributed by atoms with Gasteiger partial charge in [-0.3, -0.25) is 9.69 Å². The van der Waals surface area contributed by atoms with Crippen molar-refractivity contribution in [3.05, 3.63) is 35.4 Å². The quantitative estimate of drug-likeness (QED) is 0.848. The first-order valence-electron chi connectivity index (χ1n) is 7.67. The van der Waals surface area contributed by atoms with Crippen molar-refractivity contribution in [2.45, 2.75) is 32.1 Å². The van der Waals surface area contributed by atoms with Crippen LogP contribution in [0.25, 0.3) is 0 Å². The van der Waals surface area contributed by atoms with E-state index in [0.717, 1.165) is 26.1 Å². The summed E-state index contributed by atoms with van der Waals surface area (Å²) in [6.45, 7) is 4.84. The van der Waals surface area contributed by atoms with E-state index in [1.807, 2.05) is 14.1 Å².